The summed E-state index contributed by atoms with van der Waals surface area (Å²) in [5.74, 6) is 0. The molecule has 0 fully saturated rings. The Bertz CT molecular complexity index is 3360. The third-order valence-electron chi connectivity index (χ3n) is 12.4. The average Bonchev–Trinajstić information content (AvgIpc) is 3.65. The molecule has 0 unspecified atom stereocenters. The fourth-order valence-electron chi connectivity index (χ4n) is 9.81. The molecule has 0 atom stereocenters. The Hall–Kier alpha value is -7.88. The van der Waals surface area contributed by atoms with Crippen LogP contribution >= 0.6 is 0 Å². The Kier molecular flexibility index (Phi) is 6.72. The van der Waals surface area contributed by atoms with E-state index < -0.39 is 0 Å². The van der Waals surface area contributed by atoms with Gasteiger partial charge in [0.1, 0.15) is 11.2 Å². The molecule has 1 aromatic heterocycles. The van der Waals surface area contributed by atoms with Crippen LogP contribution in [0.1, 0.15) is 0 Å². The first kappa shape index (κ1) is 32.2. The molecule has 13 rings (SSSR count). The maximum absolute atomic E-state index is 6.84. The van der Waals surface area contributed by atoms with E-state index in [1.165, 1.54) is 64.6 Å². The first-order chi connectivity index (χ1) is 29.2. The largest absolute Gasteiger partial charge is 0.456 e. The molecule has 13 aromatic rings. The zero-order chi connectivity index (χ0) is 38.6. The third-order valence-corrected chi connectivity index (χ3v) is 12.4. The number of nitrogens with zero attached hydrogens (tertiary/aromatic N) is 2. The highest BCUT2D eigenvalue weighted by Gasteiger charge is 2.21. The van der Waals surface area contributed by atoms with Crippen LogP contribution in [0, 0.1) is 0 Å². The molecule has 1 heterocycles. The summed E-state index contributed by atoms with van der Waals surface area (Å²) in [4.78, 5) is 4.69. The minimum absolute atomic E-state index is 0.849. The van der Waals surface area contributed by atoms with Gasteiger partial charge in [0.2, 0.25) is 0 Å². The first-order valence-corrected chi connectivity index (χ1v) is 20.2. The number of hydrogen-bond acceptors (Lipinski definition) is 3. The van der Waals surface area contributed by atoms with E-state index in [1.807, 2.05) is 0 Å². The van der Waals surface area contributed by atoms with E-state index in [1.54, 1.807) is 0 Å². The lowest BCUT2D eigenvalue weighted by molar-refractivity contribution is 0.669. The molecular weight excluding hydrogens is 717 g/mol. The van der Waals surface area contributed by atoms with Gasteiger partial charge in [0.25, 0.3) is 0 Å². The monoisotopic (exact) mass is 750 g/mol. The van der Waals surface area contributed by atoms with Crippen molar-refractivity contribution in [2.45, 2.75) is 0 Å². The molecule has 0 spiro atoms. The molecule has 274 valence electrons. The van der Waals surface area contributed by atoms with Crippen molar-refractivity contribution >= 4 is 121 Å². The summed E-state index contributed by atoms with van der Waals surface area (Å²) in [6.07, 6.45) is 0. The van der Waals surface area contributed by atoms with Gasteiger partial charge in [0, 0.05) is 57.0 Å². The SMILES string of the molecule is c1ccc(N(c2cc3ccc4cccc5ccc(c2)c3c45)c2ccc3c(c2)oc2cc(N(c4ccccc4)c4cc5ccc6cccc7ccc(c4)c5c67)ccc23)cc1. The molecule has 0 N–H and O–H groups in total. The van der Waals surface area contributed by atoms with Crippen molar-refractivity contribution < 1.29 is 4.42 Å². The molecular formula is C56H34N2O. The van der Waals surface area contributed by atoms with Gasteiger partial charge < -0.3 is 14.2 Å². The van der Waals surface area contributed by atoms with Gasteiger partial charge in [-0.3, -0.25) is 0 Å². The normalized spacial score (nSPS) is 12.1. The second-order valence-electron chi connectivity index (χ2n) is 15.8. The molecule has 3 heteroatoms. The molecule has 3 nitrogen and oxygen atoms in total. The fraction of sp³-hybridized carbons (Fsp3) is 0. The summed E-state index contributed by atoms with van der Waals surface area (Å²) >= 11 is 0. The van der Waals surface area contributed by atoms with Crippen LogP contribution < -0.4 is 9.80 Å². The summed E-state index contributed by atoms with van der Waals surface area (Å²) in [6.45, 7) is 0. The number of para-hydroxylation sites is 2. The molecule has 12 aromatic carbocycles. The highest BCUT2D eigenvalue weighted by Crippen LogP contribution is 2.45. The van der Waals surface area contributed by atoms with Crippen molar-refractivity contribution in [3.05, 3.63) is 206 Å². The van der Waals surface area contributed by atoms with Crippen LogP contribution in [0.4, 0.5) is 34.1 Å². The average molecular weight is 751 g/mol. The van der Waals surface area contributed by atoms with E-state index >= 15 is 0 Å². The number of fused-ring (bicyclic) bond motifs is 3. The van der Waals surface area contributed by atoms with Crippen molar-refractivity contribution in [1.29, 1.82) is 0 Å². The molecule has 0 saturated heterocycles. The molecule has 0 amide bonds. The van der Waals surface area contributed by atoms with Gasteiger partial charge in [-0.2, -0.15) is 0 Å². The minimum Gasteiger partial charge on any atom is -0.456 e. The van der Waals surface area contributed by atoms with Gasteiger partial charge >= 0.3 is 0 Å². The van der Waals surface area contributed by atoms with E-state index in [0.717, 1.165) is 56.1 Å². The smallest absolute Gasteiger partial charge is 0.137 e. The third kappa shape index (κ3) is 4.89. The van der Waals surface area contributed by atoms with Crippen LogP contribution in [-0.2, 0) is 0 Å². The lowest BCUT2D eigenvalue weighted by Crippen LogP contribution is -2.10. The van der Waals surface area contributed by atoms with E-state index in [2.05, 4.69) is 216 Å². The lowest BCUT2D eigenvalue weighted by atomic mass is 9.93. The maximum atomic E-state index is 6.84. The summed E-state index contributed by atoms with van der Waals surface area (Å²) in [7, 11) is 0. The van der Waals surface area contributed by atoms with Crippen LogP contribution in [0.3, 0.4) is 0 Å². The van der Waals surface area contributed by atoms with Gasteiger partial charge in [0.05, 0.1) is 0 Å². The summed E-state index contributed by atoms with van der Waals surface area (Å²) < 4.78 is 6.84. The van der Waals surface area contributed by atoms with E-state index in [9.17, 15) is 0 Å². The Morgan fingerprint density at radius 1 is 0.237 bits per heavy atom. The molecule has 0 bridgehead atoms. The van der Waals surface area contributed by atoms with E-state index in [-0.39, 0.29) is 0 Å². The van der Waals surface area contributed by atoms with Gasteiger partial charge in [-0.1, -0.05) is 121 Å². The molecule has 0 aliphatic carbocycles. The molecule has 0 saturated carbocycles. The Balaban J connectivity index is 0.956. The van der Waals surface area contributed by atoms with Crippen LogP contribution in [-0.4, -0.2) is 0 Å². The highest BCUT2D eigenvalue weighted by molar-refractivity contribution is 6.25. The van der Waals surface area contributed by atoms with Crippen LogP contribution in [0.15, 0.2) is 211 Å². The summed E-state index contributed by atoms with van der Waals surface area (Å²) in [5.41, 5.74) is 8.16. The molecule has 0 aliphatic heterocycles. The topological polar surface area (TPSA) is 19.6 Å². The molecule has 59 heavy (non-hydrogen) atoms. The fourth-order valence-corrected chi connectivity index (χ4v) is 9.81. The number of anilines is 6. The van der Waals surface area contributed by atoms with Crippen molar-refractivity contribution in [3.63, 3.8) is 0 Å². The highest BCUT2D eigenvalue weighted by atomic mass is 16.3. The van der Waals surface area contributed by atoms with Gasteiger partial charge in [-0.25, -0.2) is 0 Å². The van der Waals surface area contributed by atoms with Crippen LogP contribution in [0.25, 0.3) is 86.6 Å². The standard InChI is InChI=1S/C56H34N2O/c1-3-13-43(14-4-1)57(47-29-39-21-17-35-9-7-10-36-18-22-40(30-47)55(39)53(35)36)45-25-27-49-50-28-26-46(34-52(50)59-51(49)33-45)58(44-15-5-2-6-16-44)48-31-41-23-19-37-11-8-12-38-20-24-42(32-48)56(41)54(37)38/h1-34H. The van der Waals surface area contributed by atoms with Gasteiger partial charge in [0.15, 0.2) is 0 Å². The molecule has 0 radical (unpaired) electrons. The second kappa shape index (κ2) is 12.3. The Labute approximate surface area is 339 Å². The summed E-state index contributed by atoms with van der Waals surface area (Å²) in [5, 5.41) is 17.5. The number of hydrogen-bond donors (Lipinski definition) is 0. The van der Waals surface area contributed by atoms with Crippen molar-refractivity contribution in [1.82, 2.24) is 0 Å². The predicted octanol–water partition coefficient (Wildman–Crippen LogP) is 16.3. The predicted molar refractivity (Wildman–Crippen MR) is 250 cm³/mol. The van der Waals surface area contributed by atoms with Gasteiger partial charge in [-0.05, 0) is 137 Å². The lowest BCUT2D eigenvalue weighted by Gasteiger charge is -2.26. The quantitative estimate of drug-likeness (QED) is 0.158. The van der Waals surface area contributed by atoms with Crippen LogP contribution in [0.2, 0.25) is 0 Å². The van der Waals surface area contributed by atoms with Crippen LogP contribution in [0.5, 0.6) is 0 Å². The Morgan fingerprint density at radius 3 is 0.949 bits per heavy atom. The van der Waals surface area contributed by atoms with Crippen molar-refractivity contribution in [3.8, 4) is 0 Å². The number of benzene rings is 12. The second-order valence-corrected chi connectivity index (χ2v) is 15.8. The maximum Gasteiger partial charge on any atom is 0.137 e. The number of rotatable bonds is 6. The van der Waals surface area contributed by atoms with E-state index in [0.29, 0.717) is 0 Å². The van der Waals surface area contributed by atoms with Crippen molar-refractivity contribution in [2.75, 3.05) is 9.80 Å². The summed E-state index contributed by atoms with van der Waals surface area (Å²) in [6, 6.07) is 75.0. The Morgan fingerprint density at radius 2 is 0.576 bits per heavy atom. The molecule has 0 aliphatic rings. The first-order valence-electron chi connectivity index (χ1n) is 20.2. The van der Waals surface area contributed by atoms with Crippen molar-refractivity contribution in [2.24, 2.45) is 0 Å². The zero-order valence-corrected chi connectivity index (χ0v) is 31.9. The minimum atomic E-state index is 0.849. The van der Waals surface area contributed by atoms with E-state index in [4.69, 9.17) is 4.42 Å². The zero-order valence-electron chi connectivity index (χ0n) is 31.9. The van der Waals surface area contributed by atoms with Gasteiger partial charge in [-0.15, -0.1) is 0 Å². The number of furan rings is 1.